The first-order chi connectivity index (χ1) is 12.7. The summed E-state index contributed by atoms with van der Waals surface area (Å²) in [5, 5.41) is 10.1. The average Bonchev–Trinajstić information content (AvgIpc) is 2.78. The van der Waals surface area contributed by atoms with Crippen molar-refractivity contribution in [3.8, 4) is 6.07 Å². The summed E-state index contributed by atoms with van der Waals surface area (Å²) in [6.07, 6.45) is 2.59. The van der Waals surface area contributed by atoms with Crippen LogP contribution < -0.4 is 0 Å². The highest BCUT2D eigenvalue weighted by molar-refractivity contribution is 6.30. The Kier molecular flexibility index (Phi) is 4.82. The molecule has 0 aromatic heterocycles. The van der Waals surface area contributed by atoms with Gasteiger partial charge in [0.1, 0.15) is 0 Å². The number of hydrogen-bond acceptors (Lipinski definition) is 3. The third kappa shape index (κ3) is 3.17. The highest BCUT2D eigenvalue weighted by atomic mass is 35.5. The van der Waals surface area contributed by atoms with Crippen LogP contribution in [0.1, 0.15) is 28.3 Å². The zero-order valence-corrected chi connectivity index (χ0v) is 15.7. The lowest BCUT2D eigenvalue weighted by Gasteiger charge is -2.38. The number of halogens is 1. The van der Waals surface area contributed by atoms with Crippen molar-refractivity contribution in [3.05, 3.63) is 75.8 Å². The molecule has 1 saturated heterocycles. The van der Waals surface area contributed by atoms with Crippen LogP contribution >= 0.6 is 11.6 Å². The van der Waals surface area contributed by atoms with E-state index in [0.717, 1.165) is 48.8 Å². The maximum absolute atomic E-state index is 9.39. The molecule has 2 aromatic rings. The molecule has 0 saturated carbocycles. The first-order valence-electron chi connectivity index (χ1n) is 9.08. The van der Waals surface area contributed by atoms with Crippen LogP contribution in [0, 0.1) is 11.3 Å². The third-order valence-electron chi connectivity index (χ3n) is 5.57. The molecule has 3 nitrogen and oxygen atoms in total. The Morgan fingerprint density at radius 2 is 1.85 bits per heavy atom. The zero-order valence-electron chi connectivity index (χ0n) is 15.0. The topological polar surface area (TPSA) is 30.3 Å². The monoisotopic (exact) mass is 363 g/mol. The van der Waals surface area contributed by atoms with Crippen LogP contribution in [0.5, 0.6) is 0 Å². The maximum atomic E-state index is 9.39. The lowest BCUT2D eigenvalue weighted by molar-refractivity contribution is 0.111. The van der Waals surface area contributed by atoms with E-state index in [1.165, 1.54) is 16.7 Å². The maximum Gasteiger partial charge on any atom is 0.0918 e. The Labute approximate surface area is 160 Å². The average molecular weight is 364 g/mol. The predicted molar refractivity (Wildman–Crippen MR) is 106 cm³/mol. The van der Waals surface area contributed by atoms with Crippen molar-refractivity contribution < 1.29 is 0 Å². The van der Waals surface area contributed by atoms with E-state index in [1.54, 1.807) is 6.08 Å². The van der Waals surface area contributed by atoms with Gasteiger partial charge in [-0.05, 0) is 53.4 Å². The molecule has 1 unspecified atom stereocenters. The van der Waals surface area contributed by atoms with Crippen LogP contribution in [0.3, 0.4) is 0 Å². The van der Waals surface area contributed by atoms with Gasteiger partial charge >= 0.3 is 0 Å². The minimum Gasteiger partial charge on any atom is -0.304 e. The quantitative estimate of drug-likeness (QED) is 0.713. The summed E-state index contributed by atoms with van der Waals surface area (Å²) in [6.45, 7) is 4.29. The van der Waals surface area contributed by atoms with Crippen LogP contribution in [0.25, 0.3) is 5.57 Å². The van der Waals surface area contributed by atoms with Gasteiger partial charge in [-0.1, -0.05) is 41.9 Å². The van der Waals surface area contributed by atoms with E-state index < -0.39 is 0 Å². The number of nitriles is 1. The van der Waals surface area contributed by atoms with E-state index in [4.69, 9.17) is 11.6 Å². The number of benzene rings is 2. The van der Waals surface area contributed by atoms with Gasteiger partial charge in [0, 0.05) is 43.3 Å². The summed E-state index contributed by atoms with van der Waals surface area (Å²) in [4.78, 5) is 4.96. The number of likely N-dealkylation sites (N-methyl/N-ethyl adjacent to an activating group) is 1. The molecule has 4 heteroatoms. The lowest BCUT2D eigenvalue weighted by atomic mass is 9.93. The van der Waals surface area contributed by atoms with Gasteiger partial charge in [-0.15, -0.1) is 0 Å². The Bertz CT molecular complexity index is 889. The SMILES string of the molecule is CN1CCN(C2Cc3cc(Cl)ccc3/C(=C/C#N)c3ccccc32)CC1. The Morgan fingerprint density at radius 3 is 2.62 bits per heavy atom. The molecule has 0 bridgehead atoms. The van der Waals surface area contributed by atoms with Crippen LogP contribution in [0.4, 0.5) is 0 Å². The Hall–Kier alpha value is -2.12. The summed E-state index contributed by atoms with van der Waals surface area (Å²) in [5.41, 5.74) is 5.83. The minimum atomic E-state index is 0.307. The van der Waals surface area contributed by atoms with Crippen LogP contribution in [0.15, 0.2) is 48.5 Å². The molecule has 132 valence electrons. The normalized spacial score (nSPS) is 22.3. The summed E-state index contributed by atoms with van der Waals surface area (Å²) in [6, 6.07) is 17.1. The van der Waals surface area contributed by atoms with E-state index in [0.29, 0.717) is 6.04 Å². The molecule has 1 atom stereocenters. The number of piperazine rings is 1. The summed E-state index contributed by atoms with van der Waals surface area (Å²) >= 11 is 6.31. The largest absolute Gasteiger partial charge is 0.304 e. The number of fused-ring (bicyclic) bond motifs is 2. The molecule has 2 aliphatic rings. The Morgan fingerprint density at radius 1 is 1.08 bits per heavy atom. The van der Waals surface area contributed by atoms with E-state index >= 15 is 0 Å². The first-order valence-corrected chi connectivity index (χ1v) is 9.45. The summed E-state index contributed by atoms with van der Waals surface area (Å²) in [7, 11) is 2.18. The van der Waals surface area contributed by atoms with Crippen molar-refractivity contribution in [2.75, 3.05) is 33.2 Å². The van der Waals surface area contributed by atoms with Crippen molar-refractivity contribution in [3.63, 3.8) is 0 Å². The molecular formula is C22H22ClN3. The summed E-state index contributed by atoms with van der Waals surface area (Å²) in [5.74, 6) is 0. The van der Waals surface area contributed by atoms with Crippen molar-refractivity contribution in [2.24, 2.45) is 0 Å². The second-order valence-corrected chi connectivity index (χ2v) is 7.57. The first kappa shape index (κ1) is 17.3. The molecule has 0 spiro atoms. The minimum absolute atomic E-state index is 0.307. The second kappa shape index (κ2) is 7.25. The van der Waals surface area contributed by atoms with E-state index in [2.05, 4.69) is 59.3 Å². The fourth-order valence-electron chi connectivity index (χ4n) is 4.17. The van der Waals surface area contributed by atoms with Gasteiger partial charge in [-0.3, -0.25) is 4.90 Å². The number of rotatable bonds is 1. The zero-order chi connectivity index (χ0) is 18.1. The molecule has 26 heavy (non-hydrogen) atoms. The van der Waals surface area contributed by atoms with E-state index in [9.17, 15) is 5.26 Å². The number of hydrogen-bond donors (Lipinski definition) is 0. The smallest absolute Gasteiger partial charge is 0.0918 e. The molecule has 1 aliphatic heterocycles. The Balaban J connectivity index is 1.87. The van der Waals surface area contributed by atoms with Crippen molar-refractivity contribution in [2.45, 2.75) is 12.5 Å². The van der Waals surface area contributed by atoms with Crippen LogP contribution in [0.2, 0.25) is 5.02 Å². The van der Waals surface area contributed by atoms with Gasteiger partial charge in [-0.2, -0.15) is 5.26 Å². The summed E-state index contributed by atoms with van der Waals surface area (Å²) < 4.78 is 0. The van der Waals surface area contributed by atoms with Gasteiger partial charge in [0.05, 0.1) is 6.07 Å². The molecule has 4 rings (SSSR count). The molecule has 1 fully saturated rings. The standard InChI is InChI=1S/C22H22ClN3/c1-25-10-12-26(13-11-25)22-15-16-14-17(23)6-7-18(16)20(8-9-24)19-4-2-3-5-21(19)22/h2-8,14,22H,10-13,15H2,1H3/b20-8-. The lowest BCUT2D eigenvalue weighted by Crippen LogP contribution is -2.46. The molecule has 1 aliphatic carbocycles. The van der Waals surface area contributed by atoms with E-state index in [-0.39, 0.29) is 0 Å². The highest BCUT2D eigenvalue weighted by Gasteiger charge is 2.30. The molecule has 2 aromatic carbocycles. The van der Waals surface area contributed by atoms with Crippen molar-refractivity contribution >= 4 is 17.2 Å². The predicted octanol–water partition coefficient (Wildman–Crippen LogP) is 4.14. The van der Waals surface area contributed by atoms with Crippen molar-refractivity contribution in [1.29, 1.82) is 5.26 Å². The van der Waals surface area contributed by atoms with Crippen LogP contribution in [-0.2, 0) is 6.42 Å². The highest BCUT2D eigenvalue weighted by Crippen LogP contribution is 2.40. The second-order valence-electron chi connectivity index (χ2n) is 7.13. The fourth-order valence-corrected chi connectivity index (χ4v) is 4.36. The van der Waals surface area contributed by atoms with Gasteiger partial charge in [0.15, 0.2) is 0 Å². The van der Waals surface area contributed by atoms with Crippen molar-refractivity contribution in [1.82, 2.24) is 9.80 Å². The van der Waals surface area contributed by atoms with Gasteiger partial charge < -0.3 is 4.90 Å². The van der Waals surface area contributed by atoms with Gasteiger partial charge in [0.25, 0.3) is 0 Å². The van der Waals surface area contributed by atoms with E-state index in [1.807, 2.05) is 6.07 Å². The molecule has 0 radical (unpaired) electrons. The third-order valence-corrected chi connectivity index (χ3v) is 5.80. The van der Waals surface area contributed by atoms with Gasteiger partial charge in [0.2, 0.25) is 0 Å². The molecule has 0 N–H and O–H groups in total. The van der Waals surface area contributed by atoms with Gasteiger partial charge in [-0.25, -0.2) is 0 Å². The molecule has 1 heterocycles. The fraction of sp³-hybridized carbons (Fsp3) is 0.318. The molecule has 0 amide bonds. The number of allylic oxidation sites excluding steroid dienone is 1. The number of nitrogens with zero attached hydrogens (tertiary/aromatic N) is 3. The molecular weight excluding hydrogens is 342 g/mol. The van der Waals surface area contributed by atoms with Crippen LogP contribution in [-0.4, -0.2) is 43.0 Å².